The van der Waals surface area contributed by atoms with Crippen LogP contribution in [0.4, 0.5) is 0 Å². The predicted octanol–water partition coefficient (Wildman–Crippen LogP) is 2.64. The molecule has 3 rings (SSSR count). The van der Waals surface area contributed by atoms with Crippen molar-refractivity contribution in [1.29, 1.82) is 0 Å². The van der Waals surface area contributed by atoms with E-state index in [1.807, 2.05) is 10.8 Å². The first-order valence-corrected chi connectivity index (χ1v) is 11.4. The fraction of sp³-hybridized carbons (Fsp3) is 0.650. The fourth-order valence-corrected chi connectivity index (χ4v) is 4.58. The van der Waals surface area contributed by atoms with E-state index in [-0.39, 0.29) is 18.0 Å². The Morgan fingerprint density at radius 2 is 2.21 bits per heavy atom. The lowest BCUT2D eigenvalue weighted by molar-refractivity contribution is -0.147. The van der Waals surface area contributed by atoms with Gasteiger partial charge >= 0.3 is 5.97 Å². The van der Waals surface area contributed by atoms with Crippen LogP contribution in [0.15, 0.2) is 12.5 Å². The highest BCUT2D eigenvalue weighted by molar-refractivity contribution is 7.98. The van der Waals surface area contributed by atoms with Crippen LogP contribution in [0, 0.1) is 5.92 Å². The van der Waals surface area contributed by atoms with E-state index < -0.39 is 0 Å². The van der Waals surface area contributed by atoms with Crippen molar-refractivity contribution in [3.05, 3.63) is 18.1 Å². The molecule has 8 nitrogen and oxygen atoms in total. The topological polar surface area (TPSA) is 89.7 Å². The highest BCUT2D eigenvalue weighted by Crippen LogP contribution is 2.29. The number of nitrogens with zero attached hydrogens (tertiary/aromatic N) is 4. The van der Waals surface area contributed by atoms with Crippen molar-refractivity contribution in [2.45, 2.75) is 46.1 Å². The third kappa shape index (κ3) is 5.40. The first-order chi connectivity index (χ1) is 14.0. The molecule has 2 aromatic rings. The first-order valence-electron chi connectivity index (χ1n) is 10.0. The number of fused-ring (bicyclic) bond motifs is 1. The average Bonchev–Trinajstić information content (AvgIpc) is 3.21. The second kappa shape index (κ2) is 10.3. The fourth-order valence-electron chi connectivity index (χ4n) is 3.83. The summed E-state index contributed by atoms with van der Waals surface area (Å²) in [5.41, 5.74) is 2.33. The van der Waals surface area contributed by atoms with E-state index in [1.54, 1.807) is 11.8 Å². The minimum atomic E-state index is -0.235. The number of hydrogen-bond donors (Lipinski definition) is 1. The molecule has 0 radical (unpaired) electrons. The molecule has 1 aliphatic rings. The smallest absolute Gasteiger partial charge is 0.302 e. The van der Waals surface area contributed by atoms with Crippen molar-refractivity contribution >= 4 is 28.8 Å². The molecule has 0 amide bonds. The van der Waals surface area contributed by atoms with Crippen LogP contribution < -0.4 is 0 Å². The van der Waals surface area contributed by atoms with E-state index in [2.05, 4.69) is 28.0 Å². The molecule has 160 valence electrons. The van der Waals surface area contributed by atoms with Gasteiger partial charge in [0.05, 0.1) is 0 Å². The van der Waals surface area contributed by atoms with Gasteiger partial charge in [0.2, 0.25) is 5.88 Å². The quantitative estimate of drug-likeness (QED) is 0.462. The summed E-state index contributed by atoms with van der Waals surface area (Å²) in [6.45, 7) is 6.82. The molecule has 29 heavy (non-hydrogen) atoms. The third-order valence-corrected chi connectivity index (χ3v) is 5.89. The predicted molar refractivity (Wildman–Crippen MR) is 113 cm³/mol. The SMILES string of the molecule is CCCCOCn1cc(CN2CC(OC(C)=O)[C@@H](CSC)C2)c2ncnc(O)c21. The van der Waals surface area contributed by atoms with Crippen molar-refractivity contribution in [2.75, 3.05) is 31.7 Å². The van der Waals surface area contributed by atoms with Gasteiger partial charge < -0.3 is 19.1 Å². The van der Waals surface area contributed by atoms with E-state index >= 15 is 0 Å². The first kappa shape index (κ1) is 21.9. The van der Waals surface area contributed by atoms with Gasteiger partial charge in [-0.3, -0.25) is 9.69 Å². The molecular formula is C20H30N4O4S. The Kier molecular flexibility index (Phi) is 7.74. The van der Waals surface area contributed by atoms with Gasteiger partial charge in [0.15, 0.2) is 0 Å². The molecule has 2 aromatic heterocycles. The summed E-state index contributed by atoms with van der Waals surface area (Å²) in [5, 5.41) is 10.3. The van der Waals surface area contributed by atoms with Crippen LogP contribution in [0.1, 0.15) is 32.3 Å². The van der Waals surface area contributed by atoms with Crippen molar-refractivity contribution < 1.29 is 19.4 Å². The summed E-state index contributed by atoms with van der Waals surface area (Å²) < 4.78 is 13.2. The van der Waals surface area contributed by atoms with Crippen LogP contribution in [0.2, 0.25) is 0 Å². The Balaban J connectivity index is 1.77. The number of unbranched alkanes of at least 4 members (excludes halogenated alkanes) is 1. The normalized spacial score (nSPS) is 19.8. The standard InChI is InChI=1S/C20H30N4O4S/c1-4-5-6-27-13-24-9-15(18-19(24)20(26)22-12-21-18)7-23-8-16(11-29-3)17(10-23)28-14(2)25/h9,12,16-17H,4-8,10-11,13H2,1-3H3,(H,21,22,26)/t16-,17?/m1/s1. The van der Waals surface area contributed by atoms with Gasteiger partial charge in [0.25, 0.3) is 0 Å². The van der Waals surface area contributed by atoms with Crippen molar-refractivity contribution in [3.8, 4) is 5.88 Å². The van der Waals surface area contributed by atoms with Gasteiger partial charge in [0, 0.05) is 56.6 Å². The number of esters is 1. The third-order valence-electron chi connectivity index (χ3n) is 5.13. The van der Waals surface area contributed by atoms with Gasteiger partial charge in [0.1, 0.15) is 30.2 Å². The molecule has 0 spiro atoms. The van der Waals surface area contributed by atoms with Crippen LogP contribution in [-0.4, -0.2) is 68.3 Å². The number of ether oxygens (including phenoxy) is 2. The number of aromatic hydroxyl groups is 1. The molecule has 1 fully saturated rings. The molecule has 1 saturated heterocycles. The number of carbonyl (C=O) groups is 1. The zero-order valence-corrected chi connectivity index (χ0v) is 18.2. The minimum Gasteiger partial charge on any atom is -0.492 e. The molecule has 0 aromatic carbocycles. The summed E-state index contributed by atoms with van der Waals surface area (Å²) in [6, 6.07) is 0. The summed E-state index contributed by atoms with van der Waals surface area (Å²) in [5.74, 6) is 0.980. The molecule has 1 N–H and O–H groups in total. The van der Waals surface area contributed by atoms with E-state index in [9.17, 15) is 9.90 Å². The molecular weight excluding hydrogens is 392 g/mol. The second-order valence-electron chi connectivity index (χ2n) is 7.47. The number of likely N-dealkylation sites (tertiary alicyclic amines) is 1. The zero-order chi connectivity index (χ0) is 20.8. The molecule has 2 atom stereocenters. The number of aromatic nitrogens is 3. The number of hydrogen-bond acceptors (Lipinski definition) is 8. The lowest BCUT2D eigenvalue weighted by Gasteiger charge is -2.16. The summed E-state index contributed by atoms with van der Waals surface area (Å²) in [4.78, 5) is 22.1. The van der Waals surface area contributed by atoms with Crippen LogP contribution in [0.25, 0.3) is 11.0 Å². The van der Waals surface area contributed by atoms with Crippen LogP contribution in [0.3, 0.4) is 0 Å². The van der Waals surface area contributed by atoms with Gasteiger partial charge in [-0.05, 0) is 12.7 Å². The Morgan fingerprint density at radius 3 is 2.93 bits per heavy atom. The van der Waals surface area contributed by atoms with Gasteiger partial charge in [-0.25, -0.2) is 9.97 Å². The van der Waals surface area contributed by atoms with E-state index in [4.69, 9.17) is 9.47 Å². The summed E-state index contributed by atoms with van der Waals surface area (Å²) in [7, 11) is 0. The number of rotatable bonds is 10. The molecule has 0 bridgehead atoms. The van der Waals surface area contributed by atoms with Gasteiger partial charge in [-0.1, -0.05) is 13.3 Å². The number of carbonyl (C=O) groups excluding carboxylic acids is 1. The van der Waals surface area contributed by atoms with Crippen molar-refractivity contribution in [3.63, 3.8) is 0 Å². The van der Waals surface area contributed by atoms with Gasteiger partial charge in [-0.15, -0.1) is 0 Å². The largest absolute Gasteiger partial charge is 0.492 e. The van der Waals surface area contributed by atoms with E-state index in [0.717, 1.165) is 36.2 Å². The van der Waals surface area contributed by atoms with E-state index in [0.29, 0.717) is 37.9 Å². The maximum atomic E-state index is 11.5. The Labute approximate surface area is 175 Å². The van der Waals surface area contributed by atoms with Crippen LogP contribution in [0.5, 0.6) is 5.88 Å². The zero-order valence-electron chi connectivity index (χ0n) is 17.3. The number of thioether (sulfide) groups is 1. The van der Waals surface area contributed by atoms with Crippen LogP contribution in [-0.2, 0) is 27.5 Å². The summed E-state index contributed by atoms with van der Waals surface area (Å²) in [6.07, 6.45) is 7.41. The Morgan fingerprint density at radius 1 is 1.38 bits per heavy atom. The highest BCUT2D eigenvalue weighted by Gasteiger charge is 2.35. The van der Waals surface area contributed by atoms with Gasteiger partial charge in [-0.2, -0.15) is 11.8 Å². The minimum absolute atomic E-state index is 0.0418. The summed E-state index contributed by atoms with van der Waals surface area (Å²) >= 11 is 1.77. The molecule has 0 saturated carbocycles. The van der Waals surface area contributed by atoms with Crippen LogP contribution >= 0.6 is 11.8 Å². The molecule has 1 unspecified atom stereocenters. The maximum absolute atomic E-state index is 11.5. The van der Waals surface area contributed by atoms with E-state index in [1.165, 1.54) is 13.3 Å². The van der Waals surface area contributed by atoms with Crippen molar-refractivity contribution in [1.82, 2.24) is 19.4 Å². The lowest BCUT2D eigenvalue weighted by Crippen LogP contribution is -2.26. The Bertz CT molecular complexity index is 828. The maximum Gasteiger partial charge on any atom is 0.302 e. The average molecular weight is 423 g/mol. The molecule has 3 heterocycles. The second-order valence-corrected chi connectivity index (χ2v) is 8.38. The Hall–Kier alpha value is -1.84. The monoisotopic (exact) mass is 422 g/mol. The highest BCUT2D eigenvalue weighted by atomic mass is 32.2. The molecule has 9 heteroatoms. The van der Waals surface area contributed by atoms with Crippen molar-refractivity contribution in [2.24, 2.45) is 5.92 Å². The molecule has 0 aliphatic carbocycles. The molecule has 1 aliphatic heterocycles. The lowest BCUT2D eigenvalue weighted by atomic mass is 10.1.